The molecule has 1 aliphatic rings. The van der Waals surface area contributed by atoms with Gasteiger partial charge in [0.25, 0.3) is 5.91 Å². The van der Waals surface area contributed by atoms with E-state index in [4.69, 9.17) is 0 Å². The van der Waals surface area contributed by atoms with Crippen LogP contribution in [0.5, 0.6) is 0 Å². The van der Waals surface area contributed by atoms with E-state index in [0.29, 0.717) is 13.0 Å². The Labute approximate surface area is 128 Å². The lowest BCUT2D eigenvalue weighted by Gasteiger charge is -2.32. The zero-order valence-electron chi connectivity index (χ0n) is 12.1. The average molecular weight is 299 g/mol. The molecule has 114 valence electrons. The quantitative estimate of drug-likeness (QED) is 0.940. The number of nitrogens with zero attached hydrogens (tertiary/aromatic N) is 3. The first-order valence-electron chi connectivity index (χ1n) is 7.31. The van der Waals surface area contributed by atoms with Gasteiger partial charge in [0.2, 0.25) is 0 Å². The molecular weight excluding hydrogens is 282 g/mol. The van der Waals surface area contributed by atoms with Gasteiger partial charge >= 0.3 is 5.97 Å². The van der Waals surface area contributed by atoms with Gasteiger partial charge in [-0.15, -0.1) is 0 Å². The molecule has 1 fully saturated rings. The van der Waals surface area contributed by atoms with Crippen LogP contribution in [-0.4, -0.2) is 44.3 Å². The van der Waals surface area contributed by atoms with Crippen LogP contribution in [0.25, 0.3) is 5.69 Å². The summed E-state index contributed by atoms with van der Waals surface area (Å²) in [5.74, 6) is -1.27. The van der Waals surface area contributed by atoms with Crippen molar-refractivity contribution in [2.24, 2.45) is 0 Å². The van der Waals surface area contributed by atoms with Gasteiger partial charge in [0.15, 0.2) is 5.69 Å². The summed E-state index contributed by atoms with van der Waals surface area (Å²) in [7, 11) is 0. The van der Waals surface area contributed by atoms with E-state index in [-0.39, 0.29) is 11.6 Å². The second-order valence-electron chi connectivity index (χ2n) is 5.33. The zero-order chi connectivity index (χ0) is 15.5. The number of carboxylic acid groups (broad SMARTS) is 1. The van der Waals surface area contributed by atoms with Crippen molar-refractivity contribution in [1.82, 2.24) is 14.7 Å². The van der Waals surface area contributed by atoms with Crippen molar-refractivity contribution in [3.63, 3.8) is 0 Å². The summed E-state index contributed by atoms with van der Waals surface area (Å²) in [6.45, 7) is 0.466. The Hall–Kier alpha value is -2.63. The summed E-state index contributed by atoms with van der Waals surface area (Å²) >= 11 is 0. The van der Waals surface area contributed by atoms with Crippen molar-refractivity contribution < 1.29 is 14.7 Å². The SMILES string of the molecule is O=C(O)[C@H]1CCCCN1C(=O)c1ccn(-c2ccccc2)n1. The van der Waals surface area contributed by atoms with Gasteiger partial charge in [0, 0.05) is 12.7 Å². The molecule has 0 aliphatic carbocycles. The number of benzene rings is 1. The summed E-state index contributed by atoms with van der Waals surface area (Å²) in [6, 6.07) is 10.4. The van der Waals surface area contributed by atoms with E-state index in [0.717, 1.165) is 18.5 Å². The van der Waals surface area contributed by atoms with Crippen molar-refractivity contribution in [3.8, 4) is 5.69 Å². The number of carbonyl (C=O) groups is 2. The Morgan fingerprint density at radius 2 is 1.91 bits per heavy atom. The first-order valence-corrected chi connectivity index (χ1v) is 7.31. The molecule has 1 amide bonds. The number of piperidine rings is 1. The fourth-order valence-corrected chi connectivity index (χ4v) is 2.74. The third-order valence-electron chi connectivity index (χ3n) is 3.88. The number of para-hydroxylation sites is 1. The second-order valence-corrected chi connectivity index (χ2v) is 5.33. The summed E-state index contributed by atoms with van der Waals surface area (Å²) in [6.07, 6.45) is 3.87. The molecule has 0 saturated carbocycles. The smallest absolute Gasteiger partial charge is 0.326 e. The molecule has 6 heteroatoms. The number of aliphatic carboxylic acids is 1. The van der Waals surface area contributed by atoms with Gasteiger partial charge in [0.1, 0.15) is 6.04 Å². The second kappa shape index (κ2) is 6.01. The van der Waals surface area contributed by atoms with E-state index in [1.165, 1.54) is 4.90 Å². The Morgan fingerprint density at radius 1 is 1.14 bits per heavy atom. The van der Waals surface area contributed by atoms with Crippen LogP contribution >= 0.6 is 0 Å². The van der Waals surface area contributed by atoms with Gasteiger partial charge in [-0.2, -0.15) is 5.10 Å². The molecule has 0 bridgehead atoms. The fourth-order valence-electron chi connectivity index (χ4n) is 2.74. The first-order chi connectivity index (χ1) is 10.7. The lowest BCUT2D eigenvalue weighted by molar-refractivity contribution is -0.143. The van der Waals surface area contributed by atoms with Crippen LogP contribution in [0.4, 0.5) is 0 Å². The van der Waals surface area contributed by atoms with E-state index >= 15 is 0 Å². The van der Waals surface area contributed by atoms with Crippen molar-refractivity contribution >= 4 is 11.9 Å². The number of rotatable bonds is 3. The number of carboxylic acids is 1. The molecule has 6 nitrogen and oxygen atoms in total. The number of likely N-dealkylation sites (tertiary alicyclic amines) is 1. The van der Waals surface area contributed by atoms with E-state index in [1.54, 1.807) is 16.9 Å². The predicted octanol–water partition coefficient (Wildman–Crippen LogP) is 1.95. The van der Waals surface area contributed by atoms with Gasteiger partial charge in [-0.25, -0.2) is 9.48 Å². The molecule has 0 unspecified atom stereocenters. The van der Waals surface area contributed by atoms with Crippen molar-refractivity contribution in [1.29, 1.82) is 0 Å². The molecule has 1 aromatic heterocycles. The number of hydrogen-bond donors (Lipinski definition) is 1. The number of carbonyl (C=O) groups excluding carboxylic acids is 1. The zero-order valence-corrected chi connectivity index (χ0v) is 12.1. The fraction of sp³-hybridized carbons (Fsp3) is 0.312. The van der Waals surface area contributed by atoms with Crippen molar-refractivity contribution in [3.05, 3.63) is 48.3 Å². The Balaban J connectivity index is 1.83. The lowest BCUT2D eigenvalue weighted by atomic mass is 10.0. The summed E-state index contributed by atoms with van der Waals surface area (Å²) in [5.41, 5.74) is 1.13. The maximum absolute atomic E-state index is 12.5. The molecule has 2 aromatic rings. The van der Waals surface area contributed by atoms with Crippen molar-refractivity contribution in [2.75, 3.05) is 6.54 Å². The third-order valence-corrected chi connectivity index (χ3v) is 3.88. The molecule has 1 saturated heterocycles. The molecule has 1 atom stereocenters. The van der Waals surface area contributed by atoms with Crippen LogP contribution in [0, 0.1) is 0 Å². The molecule has 0 spiro atoms. The van der Waals surface area contributed by atoms with E-state index < -0.39 is 12.0 Å². The first kappa shape index (κ1) is 14.3. The lowest BCUT2D eigenvalue weighted by Crippen LogP contribution is -2.48. The maximum atomic E-state index is 12.5. The maximum Gasteiger partial charge on any atom is 0.326 e. The Bertz CT molecular complexity index is 681. The van der Waals surface area contributed by atoms with Crippen LogP contribution in [0.1, 0.15) is 29.8 Å². The molecular formula is C16H17N3O3. The highest BCUT2D eigenvalue weighted by Gasteiger charge is 2.33. The van der Waals surface area contributed by atoms with Crippen LogP contribution in [0.15, 0.2) is 42.6 Å². The van der Waals surface area contributed by atoms with E-state index in [2.05, 4.69) is 5.10 Å². The number of hydrogen-bond acceptors (Lipinski definition) is 3. The van der Waals surface area contributed by atoms with Gasteiger partial charge in [-0.1, -0.05) is 18.2 Å². The minimum absolute atomic E-state index is 0.275. The topological polar surface area (TPSA) is 75.4 Å². The van der Waals surface area contributed by atoms with Crippen molar-refractivity contribution in [2.45, 2.75) is 25.3 Å². The highest BCUT2D eigenvalue weighted by Crippen LogP contribution is 2.20. The largest absolute Gasteiger partial charge is 0.480 e. The van der Waals surface area contributed by atoms with Crippen LogP contribution in [0.3, 0.4) is 0 Å². The molecule has 3 rings (SSSR count). The summed E-state index contributed by atoms with van der Waals surface area (Å²) < 4.78 is 1.62. The molecule has 1 aromatic carbocycles. The predicted molar refractivity (Wildman–Crippen MR) is 79.9 cm³/mol. The van der Waals surface area contributed by atoms with E-state index in [9.17, 15) is 14.7 Å². The Morgan fingerprint density at radius 3 is 2.64 bits per heavy atom. The van der Waals surface area contributed by atoms with Gasteiger partial charge in [-0.3, -0.25) is 4.79 Å². The van der Waals surface area contributed by atoms with Gasteiger partial charge < -0.3 is 10.0 Å². The normalized spacial score (nSPS) is 18.2. The minimum atomic E-state index is -0.949. The standard InChI is InChI=1S/C16H17N3O3/c20-15(18-10-5-4-8-14(18)16(21)22)13-9-11-19(17-13)12-6-2-1-3-7-12/h1-3,6-7,9,11,14H,4-5,8,10H2,(H,21,22)/t14-/m1/s1. The van der Waals surface area contributed by atoms with Crippen LogP contribution < -0.4 is 0 Å². The Kier molecular flexibility index (Phi) is 3.91. The number of amides is 1. The molecule has 1 aliphatic heterocycles. The highest BCUT2D eigenvalue weighted by molar-refractivity contribution is 5.95. The minimum Gasteiger partial charge on any atom is -0.480 e. The third kappa shape index (κ3) is 2.72. The van der Waals surface area contributed by atoms with Crippen LogP contribution in [0.2, 0.25) is 0 Å². The number of aromatic nitrogens is 2. The molecule has 22 heavy (non-hydrogen) atoms. The molecule has 2 heterocycles. The molecule has 1 N–H and O–H groups in total. The van der Waals surface area contributed by atoms with Gasteiger partial charge in [-0.05, 0) is 37.5 Å². The summed E-state index contributed by atoms with van der Waals surface area (Å²) in [4.78, 5) is 25.3. The van der Waals surface area contributed by atoms with Gasteiger partial charge in [0.05, 0.1) is 5.69 Å². The average Bonchev–Trinajstić information content (AvgIpc) is 3.05. The van der Waals surface area contributed by atoms with Crippen LogP contribution in [-0.2, 0) is 4.79 Å². The summed E-state index contributed by atoms with van der Waals surface area (Å²) in [5, 5.41) is 13.6. The molecule has 0 radical (unpaired) electrons. The van der Waals surface area contributed by atoms with E-state index in [1.807, 2.05) is 30.3 Å². The monoisotopic (exact) mass is 299 g/mol. The highest BCUT2D eigenvalue weighted by atomic mass is 16.4.